The molecule has 0 spiro atoms. The standard InChI is InChI=1S/C24H27N5O3S/c1-16-25-24-29(26-16)22(23(30)33-24)21(17-8-10-18(31-2)11-9-17)28-14-12-27(13-15-28)19-6-4-5-7-20(19)32-3/h4-11,21,30H,12-15H2,1-3H3. The summed E-state index contributed by atoms with van der Waals surface area (Å²) in [6.07, 6.45) is 0. The fourth-order valence-electron chi connectivity index (χ4n) is 4.52. The smallest absolute Gasteiger partial charge is 0.215 e. The first-order valence-electron chi connectivity index (χ1n) is 10.9. The Morgan fingerprint density at radius 1 is 0.970 bits per heavy atom. The second-order valence-corrected chi connectivity index (χ2v) is 8.97. The molecule has 0 radical (unpaired) electrons. The molecule has 8 nitrogen and oxygen atoms in total. The first-order valence-corrected chi connectivity index (χ1v) is 11.7. The molecule has 4 aromatic rings. The van der Waals surface area contributed by atoms with Crippen molar-refractivity contribution in [2.24, 2.45) is 0 Å². The summed E-state index contributed by atoms with van der Waals surface area (Å²) in [6.45, 7) is 5.20. The number of aryl methyl sites for hydroxylation is 1. The number of piperazine rings is 1. The van der Waals surface area contributed by atoms with E-state index in [1.807, 2.05) is 37.3 Å². The third-order valence-corrected chi connectivity index (χ3v) is 6.96. The number of methoxy groups -OCH3 is 2. The van der Waals surface area contributed by atoms with Gasteiger partial charge < -0.3 is 19.5 Å². The summed E-state index contributed by atoms with van der Waals surface area (Å²) in [5, 5.41) is 15.7. The van der Waals surface area contributed by atoms with Crippen molar-refractivity contribution in [1.29, 1.82) is 0 Å². The number of benzene rings is 2. The van der Waals surface area contributed by atoms with Gasteiger partial charge in [0.2, 0.25) is 4.96 Å². The van der Waals surface area contributed by atoms with Gasteiger partial charge in [0.1, 0.15) is 23.0 Å². The van der Waals surface area contributed by atoms with Crippen LogP contribution in [0.3, 0.4) is 0 Å². The molecule has 172 valence electrons. The Balaban J connectivity index is 1.49. The van der Waals surface area contributed by atoms with E-state index in [4.69, 9.17) is 9.47 Å². The van der Waals surface area contributed by atoms with Crippen LogP contribution in [-0.2, 0) is 0 Å². The van der Waals surface area contributed by atoms with Crippen molar-refractivity contribution in [1.82, 2.24) is 19.5 Å². The average Bonchev–Trinajstić information content (AvgIpc) is 3.35. The van der Waals surface area contributed by atoms with Crippen molar-refractivity contribution >= 4 is 22.0 Å². The minimum absolute atomic E-state index is 0.162. The first-order chi connectivity index (χ1) is 16.1. The van der Waals surface area contributed by atoms with E-state index in [0.29, 0.717) is 10.8 Å². The largest absolute Gasteiger partial charge is 0.498 e. The van der Waals surface area contributed by atoms with Gasteiger partial charge in [0.05, 0.1) is 25.9 Å². The topological polar surface area (TPSA) is 75.4 Å². The van der Waals surface area contributed by atoms with Crippen molar-refractivity contribution in [2.45, 2.75) is 13.0 Å². The summed E-state index contributed by atoms with van der Waals surface area (Å²) >= 11 is 1.26. The van der Waals surface area contributed by atoms with E-state index < -0.39 is 0 Å². The number of fused-ring (bicyclic) bond motifs is 1. The van der Waals surface area contributed by atoms with Crippen LogP contribution in [0, 0.1) is 6.92 Å². The average molecular weight is 466 g/mol. The molecule has 3 heterocycles. The Kier molecular flexibility index (Phi) is 5.82. The number of nitrogens with zero attached hydrogens (tertiary/aromatic N) is 5. The molecule has 1 fully saturated rings. The van der Waals surface area contributed by atoms with Gasteiger partial charge in [0.15, 0.2) is 5.06 Å². The van der Waals surface area contributed by atoms with Gasteiger partial charge >= 0.3 is 0 Å². The van der Waals surface area contributed by atoms with E-state index >= 15 is 0 Å². The Morgan fingerprint density at radius 3 is 2.39 bits per heavy atom. The highest BCUT2D eigenvalue weighted by atomic mass is 32.1. The molecule has 0 aliphatic carbocycles. The number of rotatable bonds is 6. The molecule has 0 saturated carbocycles. The first kappa shape index (κ1) is 21.5. The van der Waals surface area contributed by atoms with Gasteiger partial charge in [-0.1, -0.05) is 35.6 Å². The fraction of sp³-hybridized carbons (Fsp3) is 0.333. The van der Waals surface area contributed by atoms with Gasteiger partial charge in [-0.2, -0.15) is 5.10 Å². The Hall–Kier alpha value is -3.30. The number of aromatic nitrogens is 3. The number of ether oxygens (including phenoxy) is 2. The molecule has 5 rings (SSSR count). The van der Waals surface area contributed by atoms with Crippen LogP contribution >= 0.6 is 11.3 Å². The van der Waals surface area contributed by atoms with Crippen LogP contribution in [0.1, 0.15) is 23.1 Å². The summed E-state index contributed by atoms with van der Waals surface area (Å²) in [7, 11) is 3.37. The van der Waals surface area contributed by atoms with E-state index in [-0.39, 0.29) is 11.1 Å². The van der Waals surface area contributed by atoms with Gasteiger partial charge in [-0.15, -0.1) is 0 Å². The van der Waals surface area contributed by atoms with Gasteiger partial charge in [-0.05, 0) is 36.8 Å². The lowest BCUT2D eigenvalue weighted by Gasteiger charge is -2.40. The molecule has 33 heavy (non-hydrogen) atoms. The monoisotopic (exact) mass is 465 g/mol. The maximum absolute atomic E-state index is 10.9. The van der Waals surface area contributed by atoms with Crippen LogP contribution in [-0.4, -0.2) is 65.0 Å². The van der Waals surface area contributed by atoms with Crippen molar-refractivity contribution < 1.29 is 14.6 Å². The van der Waals surface area contributed by atoms with Gasteiger partial charge in [0.25, 0.3) is 0 Å². The van der Waals surface area contributed by atoms with Crippen molar-refractivity contribution in [3.63, 3.8) is 0 Å². The molecule has 2 aromatic carbocycles. The lowest BCUT2D eigenvalue weighted by molar-refractivity contribution is 0.204. The summed E-state index contributed by atoms with van der Waals surface area (Å²) in [6, 6.07) is 16.0. The van der Waals surface area contributed by atoms with Gasteiger partial charge in [-0.25, -0.2) is 9.50 Å². The molecule has 1 aliphatic heterocycles. The Bertz CT molecular complexity index is 1240. The Morgan fingerprint density at radius 2 is 1.70 bits per heavy atom. The van der Waals surface area contributed by atoms with Crippen LogP contribution in [0.4, 0.5) is 5.69 Å². The zero-order valence-electron chi connectivity index (χ0n) is 18.9. The molecule has 9 heteroatoms. The number of anilines is 1. The highest BCUT2D eigenvalue weighted by molar-refractivity contribution is 7.18. The van der Waals surface area contributed by atoms with E-state index in [9.17, 15) is 5.11 Å². The predicted molar refractivity (Wildman–Crippen MR) is 129 cm³/mol. The van der Waals surface area contributed by atoms with Crippen molar-refractivity contribution in [3.05, 3.63) is 65.6 Å². The Labute approximate surface area is 196 Å². The molecule has 1 aliphatic rings. The number of thiazole rings is 1. The van der Waals surface area contributed by atoms with Crippen LogP contribution in [0.15, 0.2) is 48.5 Å². The third-order valence-electron chi connectivity index (χ3n) is 6.11. The van der Waals surface area contributed by atoms with Crippen LogP contribution < -0.4 is 14.4 Å². The summed E-state index contributed by atoms with van der Waals surface area (Å²) in [5.41, 5.74) is 2.93. The zero-order chi connectivity index (χ0) is 22.9. The second kappa shape index (κ2) is 8.92. The van der Waals surface area contributed by atoms with Crippen LogP contribution in [0.25, 0.3) is 4.96 Å². The van der Waals surface area contributed by atoms with E-state index in [1.165, 1.54) is 11.3 Å². The number of hydrogen-bond donors (Lipinski definition) is 1. The molecule has 2 aromatic heterocycles. The van der Waals surface area contributed by atoms with Crippen LogP contribution in [0.5, 0.6) is 16.6 Å². The highest BCUT2D eigenvalue weighted by Gasteiger charge is 2.33. The lowest BCUT2D eigenvalue weighted by atomic mass is 10.0. The van der Waals surface area contributed by atoms with E-state index in [0.717, 1.165) is 54.6 Å². The maximum atomic E-state index is 10.9. The third kappa shape index (κ3) is 3.98. The minimum atomic E-state index is -0.162. The normalized spacial score (nSPS) is 15.7. The van der Waals surface area contributed by atoms with E-state index in [1.54, 1.807) is 18.7 Å². The number of hydrogen-bond acceptors (Lipinski definition) is 8. The highest BCUT2D eigenvalue weighted by Crippen LogP contribution is 2.40. The molecule has 1 atom stereocenters. The summed E-state index contributed by atoms with van der Waals surface area (Å²) < 4.78 is 12.7. The maximum Gasteiger partial charge on any atom is 0.215 e. The summed E-state index contributed by atoms with van der Waals surface area (Å²) in [4.78, 5) is 9.91. The van der Waals surface area contributed by atoms with Gasteiger partial charge in [-0.3, -0.25) is 4.90 Å². The second-order valence-electron chi connectivity index (χ2n) is 8.02. The molecule has 1 saturated heterocycles. The van der Waals surface area contributed by atoms with Crippen LogP contribution in [0.2, 0.25) is 0 Å². The molecular formula is C24H27N5O3S. The van der Waals surface area contributed by atoms with Crippen molar-refractivity contribution in [2.75, 3.05) is 45.3 Å². The molecule has 1 N–H and O–H groups in total. The fourth-order valence-corrected chi connectivity index (χ4v) is 5.40. The van der Waals surface area contributed by atoms with Crippen molar-refractivity contribution in [3.8, 4) is 16.6 Å². The minimum Gasteiger partial charge on any atom is -0.498 e. The molecule has 0 amide bonds. The molecule has 0 bridgehead atoms. The molecule has 1 unspecified atom stereocenters. The number of aromatic hydroxyl groups is 1. The molecular weight excluding hydrogens is 438 g/mol. The SMILES string of the molecule is COc1ccc(C(c2c(O)sc3nc(C)nn23)N2CCN(c3ccccc3OC)CC2)cc1. The van der Waals surface area contributed by atoms with Gasteiger partial charge in [0, 0.05) is 26.2 Å². The predicted octanol–water partition coefficient (Wildman–Crippen LogP) is 3.73. The summed E-state index contributed by atoms with van der Waals surface area (Å²) in [5.74, 6) is 2.37. The zero-order valence-corrected chi connectivity index (χ0v) is 19.7. The quantitative estimate of drug-likeness (QED) is 0.465. The lowest BCUT2D eigenvalue weighted by Crippen LogP contribution is -2.48. The number of para-hydroxylation sites is 2. The van der Waals surface area contributed by atoms with E-state index in [2.05, 4.69) is 38.1 Å².